The first kappa shape index (κ1) is 33.7. The Bertz CT molecular complexity index is 2710. The molecule has 0 aliphatic heterocycles. The quantitative estimate of drug-likeness (QED) is 0.148. The summed E-state index contributed by atoms with van der Waals surface area (Å²) in [7, 11) is 0. The molecule has 9 aromatic rings. The molecule has 0 spiro atoms. The number of benzene rings is 9. The number of fused-ring (bicyclic) bond motifs is 1. The standard InChI is InChI=1S/C53H39NO/c1-38-13-5-7-20-49(38)52-22-9-10-24-53(52)55-48-19-11-18-44(37-48)41-27-33-46(34-28-41)54(45-31-25-40(26-32-45)39-14-3-2-4-15-39)47-35-29-43(30-36-47)51-23-12-17-42-16-6-8-21-50(42)51/h2-37H,1H3. The fourth-order valence-electron chi connectivity index (χ4n) is 7.47. The molecule has 0 fully saturated rings. The van der Waals surface area contributed by atoms with Gasteiger partial charge in [0.25, 0.3) is 0 Å². The maximum absolute atomic E-state index is 6.56. The van der Waals surface area contributed by atoms with E-state index in [1.807, 2.05) is 18.2 Å². The minimum atomic E-state index is 0.800. The van der Waals surface area contributed by atoms with Crippen molar-refractivity contribution in [2.75, 3.05) is 4.90 Å². The van der Waals surface area contributed by atoms with E-state index in [9.17, 15) is 0 Å². The molecule has 0 atom stereocenters. The monoisotopic (exact) mass is 705 g/mol. The third kappa shape index (κ3) is 7.02. The van der Waals surface area contributed by atoms with Gasteiger partial charge in [-0.05, 0) is 117 Å². The van der Waals surface area contributed by atoms with Gasteiger partial charge in [0, 0.05) is 22.6 Å². The fourth-order valence-corrected chi connectivity index (χ4v) is 7.47. The average molecular weight is 706 g/mol. The van der Waals surface area contributed by atoms with Gasteiger partial charge >= 0.3 is 0 Å². The minimum Gasteiger partial charge on any atom is -0.457 e. The Balaban J connectivity index is 1.04. The van der Waals surface area contributed by atoms with E-state index in [-0.39, 0.29) is 0 Å². The summed E-state index contributed by atoms with van der Waals surface area (Å²) in [5.74, 6) is 1.64. The van der Waals surface area contributed by atoms with Crippen LogP contribution in [0.25, 0.3) is 55.3 Å². The number of hydrogen-bond acceptors (Lipinski definition) is 2. The van der Waals surface area contributed by atoms with Crippen LogP contribution < -0.4 is 9.64 Å². The zero-order valence-corrected chi connectivity index (χ0v) is 30.6. The zero-order chi connectivity index (χ0) is 37.0. The lowest BCUT2D eigenvalue weighted by Crippen LogP contribution is -2.09. The number of para-hydroxylation sites is 1. The molecular weight excluding hydrogens is 667 g/mol. The largest absolute Gasteiger partial charge is 0.457 e. The molecule has 0 saturated carbocycles. The van der Waals surface area contributed by atoms with E-state index < -0.39 is 0 Å². The van der Waals surface area contributed by atoms with Gasteiger partial charge in [0.2, 0.25) is 0 Å². The number of hydrogen-bond donors (Lipinski definition) is 0. The van der Waals surface area contributed by atoms with Crippen LogP contribution in [0.1, 0.15) is 5.56 Å². The van der Waals surface area contributed by atoms with Gasteiger partial charge in [0.15, 0.2) is 0 Å². The van der Waals surface area contributed by atoms with Crippen molar-refractivity contribution >= 4 is 27.8 Å². The van der Waals surface area contributed by atoms with Crippen molar-refractivity contribution in [2.45, 2.75) is 6.92 Å². The summed E-state index contributed by atoms with van der Waals surface area (Å²) in [5, 5.41) is 2.50. The summed E-state index contributed by atoms with van der Waals surface area (Å²) in [6.07, 6.45) is 0. The molecule has 0 amide bonds. The lowest BCUT2D eigenvalue weighted by Gasteiger charge is -2.26. The van der Waals surface area contributed by atoms with Crippen LogP contribution in [0.3, 0.4) is 0 Å². The lowest BCUT2D eigenvalue weighted by atomic mass is 9.98. The molecule has 0 unspecified atom stereocenters. The SMILES string of the molecule is Cc1ccccc1-c1ccccc1Oc1cccc(-c2ccc(N(c3ccc(-c4ccccc4)cc3)c3ccc(-c4cccc5ccccc45)cc3)cc2)c1. The molecule has 0 aliphatic carbocycles. The van der Waals surface area contributed by atoms with Crippen LogP contribution in [0, 0.1) is 6.92 Å². The fraction of sp³-hybridized carbons (Fsp3) is 0.0189. The number of anilines is 3. The Morgan fingerprint density at radius 1 is 0.345 bits per heavy atom. The second-order valence-corrected chi connectivity index (χ2v) is 13.8. The first-order valence-electron chi connectivity index (χ1n) is 18.8. The Morgan fingerprint density at radius 3 is 1.55 bits per heavy atom. The predicted molar refractivity (Wildman–Crippen MR) is 232 cm³/mol. The van der Waals surface area contributed by atoms with Crippen LogP contribution >= 0.6 is 0 Å². The second-order valence-electron chi connectivity index (χ2n) is 13.8. The lowest BCUT2D eigenvalue weighted by molar-refractivity contribution is 0.484. The normalized spacial score (nSPS) is 11.0. The van der Waals surface area contributed by atoms with E-state index in [2.05, 4.69) is 212 Å². The first-order valence-corrected chi connectivity index (χ1v) is 18.8. The molecule has 0 N–H and O–H groups in total. The summed E-state index contributed by atoms with van der Waals surface area (Å²) in [5.41, 5.74) is 13.8. The second kappa shape index (κ2) is 15.1. The van der Waals surface area contributed by atoms with Gasteiger partial charge in [0.05, 0.1) is 0 Å². The molecule has 2 nitrogen and oxygen atoms in total. The van der Waals surface area contributed by atoms with E-state index in [4.69, 9.17) is 4.74 Å². The van der Waals surface area contributed by atoms with E-state index in [1.54, 1.807) is 0 Å². The molecule has 0 bridgehead atoms. The Labute approximate surface area is 323 Å². The zero-order valence-electron chi connectivity index (χ0n) is 30.6. The van der Waals surface area contributed by atoms with Crippen molar-refractivity contribution in [3.05, 3.63) is 224 Å². The van der Waals surface area contributed by atoms with Crippen molar-refractivity contribution < 1.29 is 4.74 Å². The molecule has 262 valence electrons. The third-order valence-corrected chi connectivity index (χ3v) is 10.3. The van der Waals surface area contributed by atoms with Crippen LogP contribution in [0.2, 0.25) is 0 Å². The van der Waals surface area contributed by atoms with Crippen LogP contribution in [0.15, 0.2) is 218 Å². The molecule has 9 aromatic carbocycles. The number of rotatable bonds is 9. The highest BCUT2D eigenvalue weighted by atomic mass is 16.5. The van der Waals surface area contributed by atoms with Crippen molar-refractivity contribution in [1.29, 1.82) is 0 Å². The van der Waals surface area contributed by atoms with Gasteiger partial charge in [-0.2, -0.15) is 0 Å². The van der Waals surface area contributed by atoms with Gasteiger partial charge < -0.3 is 9.64 Å². The molecule has 0 saturated heterocycles. The van der Waals surface area contributed by atoms with Crippen LogP contribution in [0.5, 0.6) is 11.5 Å². The summed E-state index contributed by atoms with van der Waals surface area (Å²) in [4.78, 5) is 2.33. The molecule has 0 aliphatic rings. The molecule has 55 heavy (non-hydrogen) atoms. The molecule has 0 heterocycles. The smallest absolute Gasteiger partial charge is 0.135 e. The van der Waals surface area contributed by atoms with Crippen LogP contribution in [0.4, 0.5) is 17.1 Å². The summed E-state index contributed by atoms with van der Waals surface area (Å²) < 4.78 is 6.56. The molecular formula is C53H39NO. The van der Waals surface area contributed by atoms with E-state index >= 15 is 0 Å². The first-order chi connectivity index (χ1) is 27.2. The maximum atomic E-state index is 6.56. The third-order valence-electron chi connectivity index (χ3n) is 10.3. The maximum Gasteiger partial charge on any atom is 0.135 e. The molecule has 9 rings (SSSR count). The summed E-state index contributed by atoms with van der Waals surface area (Å²) in [6.45, 7) is 2.14. The van der Waals surface area contributed by atoms with Gasteiger partial charge in [0.1, 0.15) is 11.5 Å². The van der Waals surface area contributed by atoms with E-state index in [0.29, 0.717) is 0 Å². The van der Waals surface area contributed by atoms with Crippen LogP contribution in [-0.4, -0.2) is 0 Å². The minimum absolute atomic E-state index is 0.800. The van der Waals surface area contributed by atoms with Crippen molar-refractivity contribution in [1.82, 2.24) is 0 Å². The number of aryl methyl sites for hydroxylation is 1. The number of nitrogens with zero attached hydrogens (tertiary/aromatic N) is 1. The van der Waals surface area contributed by atoms with Crippen molar-refractivity contribution in [3.8, 4) is 56.0 Å². The predicted octanol–water partition coefficient (Wildman–Crippen LogP) is 15.1. The van der Waals surface area contributed by atoms with Gasteiger partial charge in [-0.15, -0.1) is 0 Å². The van der Waals surface area contributed by atoms with Crippen molar-refractivity contribution in [2.24, 2.45) is 0 Å². The highest BCUT2D eigenvalue weighted by molar-refractivity contribution is 5.97. The molecule has 0 aromatic heterocycles. The topological polar surface area (TPSA) is 12.5 Å². The van der Waals surface area contributed by atoms with E-state index in [0.717, 1.165) is 45.3 Å². The van der Waals surface area contributed by atoms with Gasteiger partial charge in [-0.25, -0.2) is 0 Å². The van der Waals surface area contributed by atoms with Gasteiger partial charge in [-0.1, -0.05) is 164 Å². The van der Waals surface area contributed by atoms with E-state index in [1.165, 1.54) is 44.2 Å². The Morgan fingerprint density at radius 2 is 0.836 bits per heavy atom. The van der Waals surface area contributed by atoms with Crippen LogP contribution in [-0.2, 0) is 0 Å². The highest BCUT2D eigenvalue weighted by Crippen LogP contribution is 2.40. The molecule has 0 radical (unpaired) electrons. The van der Waals surface area contributed by atoms with Gasteiger partial charge in [-0.3, -0.25) is 0 Å². The number of ether oxygens (including phenoxy) is 1. The molecule has 2 heteroatoms. The summed E-state index contributed by atoms with van der Waals surface area (Å²) in [6, 6.07) is 77.2. The van der Waals surface area contributed by atoms with Crippen molar-refractivity contribution in [3.63, 3.8) is 0 Å². The average Bonchev–Trinajstić information content (AvgIpc) is 3.25. The Hall–Kier alpha value is -7.16. The summed E-state index contributed by atoms with van der Waals surface area (Å²) >= 11 is 0. The highest BCUT2D eigenvalue weighted by Gasteiger charge is 2.15. The Kier molecular flexibility index (Phi) is 9.22.